The Morgan fingerprint density at radius 3 is 2.77 bits per heavy atom. The van der Waals surface area contributed by atoms with Crippen LogP contribution in [0.15, 0.2) is 36.4 Å². The van der Waals surface area contributed by atoms with Crippen LogP contribution < -0.4 is 26.2 Å². The summed E-state index contributed by atoms with van der Waals surface area (Å²) >= 11 is 0. The van der Waals surface area contributed by atoms with Gasteiger partial charge in [-0.3, -0.25) is 24.5 Å². The Labute approximate surface area is 230 Å². The highest BCUT2D eigenvalue weighted by Gasteiger charge is 2.40. The smallest absolute Gasteiger partial charge is 0.325 e. The zero-order valence-electron chi connectivity index (χ0n) is 21.2. The van der Waals surface area contributed by atoms with E-state index >= 15 is 0 Å². The number of fused-ring (bicyclic) bond motifs is 2. The van der Waals surface area contributed by atoms with Gasteiger partial charge >= 0.3 is 5.97 Å². The zero-order chi connectivity index (χ0) is 27.0. The lowest BCUT2D eigenvalue weighted by Crippen LogP contribution is -2.55. The number of methoxy groups -OCH3 is 1. The Morgan fingerprint density at radius 2 is 2.00 bits per heavy atom. The normalized spacial score (nSPS) is 21.0. The second kappa shape index (κ2) is 11.7. The van der Waals surface area contributed by atoms with Crippen LogP contribution in [0, 0.1) is 0 Å². The maximum atomic E-state index is 13.3. The number of hydrogen-bond acceptors (Lipinski definition) is 9. The van der Waals surface area contributed by atoms with Crippen molar-refractivity contribution < 1.29 is 33.8 Å². The van der Waals surface area contributed by atoms with Gasteiger partial charge in [-0.15, -0.1) is 12.4 Å². The van der Waals surface area contributed by atoms with Gasteiger partial charge in [-0.05, 0) is 47.4 Å². The number of anilines is 3. The number of rotatable bonds is 6. The zero-order valence-corrected chi connectivity index (χ0v) is 22.0. The number of carbonyl (C=O) groups excluding carboxylic acids is 4. The molecule has 0 radical (unpaired) electrons. The number of aliphatic hydroxyl groups is 1. The van der Waals surface area contributed by atoms with Crippen molar-refractivity contribution in [2.45, 2.75) is 37.8 Å². The standard InChI is InChI=1S/C26H29N5O7.ClH/c1-37-21(33)13-31-19-11-17(5-2-14(19)3-7-20(31)32)30-8-9-38-23(26(30)36)22(34)25(35)29-16-4-6-18-15(10-16)12-28-24(18)27;/h2,4-6,10-11,22-24,28,34H,3,7-9,12-13,27H2,1H3,(H,29,35);1H/t22-,23-,24?;/m1./s1. The Hall–Kier alpha value is -3.55. The summed E-state index contributed by atoms with van der Waals surface area (Å²) in [4.78, 5) is 53.3. The van der Waals surface area contributed by atoms with Gasteiger partial charge in [0.05, 0.1) is 19.9 Å². The Bertz CT molecular complexity index is 1310. The number of morpholine rings is 1. The molecule has 0 bridgehead atoms. The number of aryl methyl sites for hydroxylation is 1. The molecule has 1 fully saturated rings. The first kappa shape index (κ1) is 28.5. The number of carbonyl (C=O) groups is 4. The number of ether oxygens (including phenoxy) is 2. The van der Waals surface area contributed by atoms with E-state index in [2.05, 4.69) is 10.6 Å². The molecule has 0 aliphatic carbocycles. The highest BCUT2D eigenvalue weighted by molar-refractivity contribution is 6.05. The van der Waals surface area contributed by atoms with Crippen LogP contribution in [0.2, 0.25) is 0 Å². The highest BCUT2D eigenvalue weighted by atomic mass is 35.5. The van der Waals surface area contributed by atoms with Crippen molar-refractivity contribution >= 4 is 53.2 Å². The summed E-state index contributed by atoms with van der Waals surface area (Å²) in [7, 11) is 1.25. The van der Waals surface area contributed by atoms with Gasteiger partial charge in [0, 0.05) is 36.6 Å². The van der Waals surface area contributed by atoms with Crippen LogP contribution in [-0.2, 0) is 41.6 Å². The van der Waals surface area contributed by atoms with Crippen molar-refractivity contribution in [3.8, 4) is 0 Å². The molecule has 2 aromatic rings. The molecule has 208 valence electrons. The van der Waals surface area contributed by atoms with Crippen LogP contribution in [0.5, 0.6) is 0 Å². The van der Waals surface area contributed by atoms with Crippen molar-refractivity contribution in [3.63, 3.8) is 0 Å². The number of nitrogens with two attached hydrogens (primary N) is 1. The molecule has 3 heterocycles. The number of nitrogens with zero attached hydrogens (tertiary/aromatic N) is 2. The third kappa shape index (κ3) is 5.60. The molecular weight excluding hydrogens is 530 g/mol. The molecule has 0 spiro atoms. The second-order valence-corrected chi connectivity index (χ2v) is 9.36. The first-order chi connectivity index (χ1) is 18.3. The maximum Gasteiger partial charge on any atom is 0.325 e. The predicted molar refractivity (Wildman–Crippen MR) is 143 cm³/mol. The summed E-state index contributed by atoms with van der Waals surface area (Å²) in [5.74, 6) is -2.15. The number of esters is 1. The lowest BCUT2D eigenvalue weighted by Gasteiger charge is -2.35. The summed E-state index contributed by atoms with van der Waals surface area (Å²) in [6.45, 7) is 0.594. The van der Waals surface area contributed by atoms with Crippen LogP contribution in [0.3, 0.4) is 0 Å². The van der Waals surface area contributed by atoms with Crippen LogP contribution in [-0.4, -0.2) is 67.8 Å². The Balaban J connectivity index is 0.00000353. The van der Waals surface area contributed by atoms with Gasteiger partial charge in [-0.25, -0.2) is 0 Å². The van der Waals surface area contributed by atoms with E-state index in [4.69, 9.17) is 15.2 Å². The average Bonchev–Trinajstić information content (AvgIpc) is 3.29. The van der Waals surface area contributed by atoms with E-state index in [1.54, 1.807) is 36.4 Å². The minimum Gasteiger partial charge on any atom is -0.468 e. The molecule has 0 saturated carbocycles. The number of amides is 3. The lowest BCUT2D eigenvalue weighted by molar-refractivity contribution is -0.150. The number of aliphatic hydroxyl groups excluding tert-OH is 1. The fraction of sp³-hybridized carbons (Fsp3) is 0.385. The van der Waals surface area contributed by atoms with Gasteiger partial charge in [-0.2, -0.15) is 0 Å². The molecule has 5 N–H and O–H groups in total. The highest BCUT2D eigenvalue weighted by Crippen LogP contribution is 2.33. The van der Waals surface area contributed by atoms with Crippen molar-refractivity contribution in [1.29, 1.82) is 0 Å². The summed E-state index contributed by atoms with van der Waals surface area (Å²) in [6, 6.07) is 10.4. The third-order valence-corrected chi connectivity index (χ3v) is 7.03. The summed E-state index contributed by atoms with van der Waals surface area (Å²) < 4.78 is 10.2. The first-order valence-electron chi connectivity index (χ1n) is 12.3. The number of benzene rings is 2. The summed E-state index contributed by atoms with van der Waals surface area (Å²) in [5, 5.41) is 16.5. The largest absolute Gasteiger partial charge is 0.468 e. The van der Waals surface area contributed by atoms with E-state index < -0.39 is 30.0 Å². The second-order valence-electron chi connectivity index (χ2n) is 9.36. The van der Waals surface area contributed by atoms with E-state index in [0.29, 0.717) is 30.0 Å². The fourth-order valence-electron chi connectivity index (χ4n) is 4.97. The average molecular weight is 560 g/mol. The van der Waals surface area contributed by atoms with E-state index in [0.717, 1.165) is 16.7 Å². The molecule has 1 unspecified atom stereocenters. The lowest BCUT2D eigenvalue weighted by atomic mass is 9.99. The predicted octanol–water partition coefficient (Wildman–Crippen LogP) is 0.353. The number of hydrogen-bond donors (Lipinski definition) is 4. The minimum atomic E-state index is -1.76. The van der Waals surface area contributed by atoms with Crippen molar-refractivity contribution in [2.75, 3.05) is 41.9 Å². The minimum absolute atomic E-state index is 0. The maximum absolute atomic E-state index is 13.3. The number of halogens is 1. The number of nitrogens with one attached hydrogen (secondary N) is 2. The first-order valence-corrected chi connectivity index (χ1v) is 12.3. The quantitative estimate of drug-likeness (QED) is 0.366. The molecule has 5 rings (SSSR count). The van der Waals surface area contributed by atoms with Crippen LogP contribution >= 0.6 is 12.4 Å². The molecule has 2 aromatic carbocycles. The molecule has 3 aliphatic rings. The van der Waals surface area contributed by atoms with Crippen molar-refractivity contribution in [1.82, 2.24) is 5.32 Å². The van der Waals surface area contributed by atoms with E-state index in [1.165, 1.54) is 16.9 Å². The molecular formula is C26H30ClN5O7. The summed E-state index contributed by atoms with van der Waals surface area (Å²) in [5.41, 5.74) is 10.1. The molecule has 3 amide bonds. The van der Waals surface area contributed by atoms with Crippen LogP contribution in [0.25, 0.3) is 0 Å². The SMILES string of the molecule is COC(=O)CN1C(=O)CCc2ccc(N3CCO[C@H]([C@@H](O)C(=O)Nc4ccc5c(c4)CNC5N)C3=O)cc21.Cl. The summed E-state index contributed by atoms with van der Waals surface area (Å²) in [6.07, 6.45) is -2.67. The van der Waals surface area contributed by atoms with Gasteiger partial charge in [-0.1, -0.05) is 12.1 Å². The molecule has 39 heavy (non-hydrogen) atoms. The Kier molecular flexibility index (Phi) is 8.52. The van der Waals surface area contributed by atoms with Gasteiger partial charge in [0.1, 0.15) is 6.54 Å². The van der Waals surface area contributed by atoms with Gasteiger partial charge in [0.25, 0.3) is 11.8 Å². The van der Waals surface area contributed by atoms with E-state index in [-0.39, 0.29) is 50.6 Å². The van der Waals surface area contributed by atoms with Crippen molar-refractivity contribution in [3.05, 3.63) is 53.1 Å². The molecule has 3 atom stereocenters. The van der Waals surface area contributed by atoms with Gasteiger partial charge < -0.3 is 35.4 Å². The van der Waals surface area contributed by atoms with Crippen LogP contribution in [0.1, 0.15) is 29.3 Å². The van der Waals surface area contributed by atoms with E-state index in [1.807, 2.05) is 0 Å². The Morgan fingerprint density at radius 1 is 1.21 bits per heavy atom. The van der Waals surface area contributed by atoms with Gasteiger partial charge in [0.15, 0.2) is 12.2 Å². The molecule has 1 saturated heterocycles. The molecule has 13 heteroatoms. The topological polar surface area (TPSA) is 164 Å². The van der Waals surface area contributed by atoms with Crippen LogP contribution in [0.4, 0.5) is 17.1 Å². The van der Waals surface area contributed by atoms with Gasteiger partial charge in [0.2, 0.25) is 5.91 Å². The molecule has 3 aliphatic heterocycles. The monoisotopic (exact) mass is 559 g/mol. The molecule has 12 nitrogen and oxygen atoms in total. The fourth-order valence-corrected chi connectivity index (χ4v) is 4.97. The van der Waals surface area contributed by atoms with E-state index in [9.17, 15) is 24.3 Å². The van der Waals surface area contributed by atoms with Crippen molar-refractivity contribution in [2.24, 2.45) is 5.73 Å². The third-order valence-electron chi connectivity index (χ3n) is 7.03. The molecule has 0 aromatic heterocycles.